The van der Waals surface area contributed by atoms with E-state index in [0.29, 0.717) is 42.1 Å². The van der Waals surface area contributed by atoms with E-state index in [-0.39, 0.29) is 30.4 Å². The van der Waals surface area contributed by atoms with Gasteiger partial charge in [0.05, 0.1) is 30.7 Å². The van der Waals surface area contributed by atoms with Gasteiger partial charge >= 0.3 is 0 Å². The molecule has 9 heteroatoms. The van der Waals surface area contributed by atoms with Gasteiger partial charge in [-0.3, -0.25) is 14.5 Å². The lowest BCUT2D eigenvalue weighted by atomic mass is 9.86. The van der Waals surface area contributed by atoms with Gasteiger partial charge in [0.1, 0.15) is 23.7 Å². The quantitative estimate of drug-likeness (QED) is 0.518. The topological polar surface area (TPSA) is 126 Å². The molecule has 0 fully saturated rings. The summed E-state index contributed by atoms with van der Waals surface area (Å²) in [7, 11) is 0. The Bertz CT molecular complexity index is 1320. The second kappa shape index (κ2) is 10.2. The summed E-state index contributed by atoms with van der Waals surface area (Å²) >= 11 is 0. The van der Waals surface area contributed by atoms with Gasteiger partial charge in [0.2, 0.25) is 5.91 Å². The highest BCUT2D eigenvalue weighted by atomic mass is 16.5. The number of nitrogens with zero attached hydrogens (tertiary/aromatic N) is 2. The maximum atomic E-state index is 13.6. The van der Waals surface area contributed by atoms with Gasteiger partial charge in [-0.25, -0.2) is 4.99 Å². The highest BCUT2D eigenvalue weighted by Gasteiger charge is 2.43. The lowest BCUT2D eigenvalue weighted by molar-refractivity contribution is -0.132. The van der Waals surface area contributed by atoms with Crippen molar-refractivity contribution in [1.82, 2.24) is 10.2 Å². The van der Waals surface area contributed by atoms with Gasteiger partial charge in [0.15, 0.2) is 5.96 Å². The van der Waals surface area contributed by atoms with Crippen molar-refractivity contribution in [2.45, 2.75) is 83.0 Å². The van der Waals surface area contributed by atoms with E-state index in [4.69, 9.17) is 20.2 Å². The zero-order chi connectivity index (χ0) is 27.9. The summed E-state index contributed by atoms with van der Waals surface area (Å²) in [6.07, 6.45) is 3.12. The number of hydrogen-bond donors (Lipinski definition) is 3. The van der Waals surface area contributed by atoms with Crippen molar-refractivity contribution in [1.29, 1.82) is 0 Å². The van der Waals surface area contributed by atoms with Crippen LogP contribution in [0.15, 0.2) is 41.4 Å². The molecule has 2 aromatic carbocycles. The average molecular weight is 535 g/mol. The van der Waals surface area contributed by atoms with E-state index in [1.54, 1.807) is 30.0 Å². The number of aliphatic hydroxyl groups is 1. The molecule has 3 atom stereocenters. The molecule has 0 spiro atoms. The third kappa shape index (κ3) is 4.84. The number of aliphatic imine (C=N–C) groups is 1. The standard InChI is InChI=1S/C30H38N4O5/c1-5-18-8-10-24-21(14-18)26(29(4,37)17-39-24)32-27(36)19-9-11-23-20(15-19)22(12-13-38-23)34-25(35)16-30(6-2,7-3)33-28(34)31/h8-11,14-15,22,26,37H,5-7,12-13,16-17H2,1-4H3,(H2,31,33)(H,32,36)/t22-,26?,29?/m1/s1. The van der Waals surface area contributed by atoms with E-state index in [1.807, 2.05) is 32.0 Å². The Morgan fingerprint density at radius 2 is 1.85 bits per heavy atom. The fourth-order valence-electron chi connectivity index (χ4n) is 5.87. The monoisotopic (exact) mass is 534 g/mol. The van der Waals surface area contributed by atoms with Crippen LogP contribution in [-0.4, -0.2) is 52.1 Å². The Labute approximate surface area is 229 Å². The summed E-state index contributed by atoms with van der Waals surface area (Å²) in [6, 6.07) is 10.0. The first-order chi connectivity index (χ1) is 18.6. The zero-order valence-corrected chi connectivity index (χ0v) is 23.1. The van der Waals surface area contributed by atoms with Gasteiger partial charge in [0, 0.05) is 23.1 Å². The molecule has 0 aromatic heterocycles. The molecule has 0 bridgehead atoms. The van der Waals surface area contributed by atoms with Gasteiger partial charge in [-0.1, -0.05) is 26.8 Å². The Hall–Kier alpha value is -3.59. The van der Waals surface area contributed by atoms with Gasteiger partial charge in [-0.15, -0.1) is 0 Å². The van der Waals surface area contributed by atoms with Gasteiger partial charge in [-0.05, 0) is 62.1 Å². The van der Waals surface area contributed by atoms with Gasteiger partial charge < -0.3 is 25.6 Å². The molecule has 2 amide bonds. The normalized spacial score (nSPS) is 25.5. The Kier molecular flexibility index (Phi) is 7.05. The van der Waals surface area contributed by atoms with Crippen molar-refractivity contribution < 1.29 is 24.2 Å². The van der Waals surface area contributed by atoms with Crippen LogP contribution < -0.4 is 20.5 Å². The Balaban J connectivity index is 1.46. The molecule has 39 heavy (non-hydrogen) atoms. The number of nitrogens with two attached hydrogens (primary N) is 1. The van der Waals surface area contributed by atoms with Crippen LogP contribution in [0, 0.1) is 0 Å². The number of rotatable bonds is 6. The number of guanidine groups is 1. The van der Waals surface area contributed by atoms with Crippen LogP contribution in [0.4, 0.5) is 0 Å². The van der Waals surface area contributed by atoms with Gasteiger partial charge in [0.25, 0.3) is 5.91 Å². The molecule has 0 saturated heterocycles. The molecule has 5 rings (SSSR count). The van der Waals surface area contributed by atoms with E-state index in [1.165, 1.54) is 0 Å². The van der Waals surface area contributed by atoms with E-state index >= 15 is 0 Å². The molecule has 9 nitrogen and oxygen atoms in total. The molecule has 3 aliphatic heterocycles. The molecule has 0 aliphatic carbocycles. The largest absolute Gasteiger partial charge is 0.493 e. The number of hydrogen-bond acceptors (Lipinski definition) is 7. The van der Waals surface area contributed by atoms with Crippen LogP contribution in [0.1, 0.15) is 92.5 Å². The first-order valence-corrected chi connectivity index (χ1v) is 13.8. The number of amides is 2. The first kappa shape index (κ1) is 27.0. The number of carbonyl (C=O) groups excluding carboxylic acids is 2. The molecule has 208 valence electrons. The zero-order valence-electron chi connectivity index (χ0n) is 23.1. The summed E-state index contributed by atoms with van der Waals surface area (Å²) < 4.78 is 11.7. The molecule has 3 aliphatic rings. The number of fused-ring (bicyclic) bond motifs is 2. The maximum absolute atomic E-state index is 13.6. The van der Waals surface area contributed by atoms with Crippen molar-refractivity contribution in [2.24, 2.45) is 10.7 Å². The predicted octanol–water partition coefficient (Wildman–Crippen LogP) is 3.79. The van der Waals surface area contributed by atoms with E-state index in [0.717, 1.165) is 30.4 Å². The summed E-state index contributed by atoms with van der Waals surface area (Å²) in [6.45, 7) is 8.24. The van der Waals surface area contributed by atoms with E-state index < -0.39 is 17.2 Å². The second-order valence-electron chi connectivity index (χ2n) is 11.0. The number of benzene rings is 2. The highest BCUT2D eigenvalue weighted by molar-refractivity contribution is 6.00. The second-order valence-corrected chi connectivity index (χ2v) is 11.0. The van der Waals surface area contributed by atoms with Crippen LogP contribution in [0.5, 0.6) is 11.5 Å². The van der Waals surface area contributed by atoms with E-state index in [2.05, 4.69) is 12.2 Å². The third-order valence-corrected chi connectivity index (χ3v) is 8.47. The summed E-state index contributed by atoms with van der Waals surface area (Å²) in [5, 5.41) is 14.2. The van der Waals surface area contributed by atoms with Crippen molar-refractivity contribution >= 4 is 17.8 Å². The SMILES string of the molecule is CCc1ccc2c(c1)C(NC(=O)c1ccc3c(c1)[C@H](N1C(=O)CC(CC)(CC)N=C1N)CCO3)C(C)(O)CO2. The van der Waals surface area contributed by atoms with Crippen LogP contribution in [-0.2, 0) is 11.2 Å². The smallest absolute Gasteiger partial charge is 0.251 e. The average Bonchev–Trinajstić information content (AvgIpc) is 2.93. The molecule has 2 aromatic rings. The molecular weight excluding hydrogens is 496 g/mol. The molecule has 0 radical (unpaired) electrons. The van der Waals surface area contributed by atoms with Crippen LogP contribution >= 0.6 is 0 Å². The maximum Gasteiger partial charge on any atom is 0.251 e. The van der Waals surface area contributed by atoms with Crippen LogP contribution in [0.3, 0.4) is 0 Å². The summed E-state index contributed by atoms with van der Waals surface area (Å²) in [5.41, 5.74) is 7.58. The summed E-state index contributed by atoms with van der Waals surface area (Å²) in [4.78, 5) is 33.3. The predicted molar refractivity (Wildman–Crippen MR) is 148 cm³/mol. The van der Waals surface area contributed by atoms with Crippen LogP contribution in [0.2, 0.25) is 0 Å². The number of aryl methyl sites for hydroxylation is 1. The fourth-order valence-corrected chi connectivity index (χ4v) is 5.87. The first-order valence-electron chi connectivity index (χ1n) is 13.8. The van der Waals surface area contributed by atoms with Crippen molar-refractivity contribution in [2.75, 3.05) is 13.2 Å². The minimum Gasteiger partial charge on any atom is -0.493 e. The lowest BCUT2D eigenvalue weighted by Crippen LogP contribution is -2.53. The van der Waals surface area contributed by atoms with Crippen molar-refractivity contribution in [3.05, 3.63) is 58.7 Å². The van der Waals surface area contributed by atoms with Crippen molar-refractivity contribution in [3.8, 4) is 11.5 Å². The summed E-state index contributed by atoms with van der Waals surface area (Å²) in [5.74, 6) is 1.06. The fraction of sp³-hybridized carbons (Fsp3) is 0.500. The molecule has 0 saturated carbocycles. The van der Waals surface area contributed by atoms with Crippen LogP contribution in [0.25, 0.3) is 0 Å². The van der Waals surface area contributed by atoms with E-state index in [9.17, 15) is 14.7 Å². The number of carbonyl (C=O) groups is 2. The van der Waals surface area contributed by atoms with Gasteiger partial charge in [-0.2, -0.15) is 0 Å². The Morgan fingerprint density at radius 1 is 1.13 bits per heavy atom. The molecular formula is C30H38N4O5. The Morgan fingerprint density at radius 3 is 2.54 bits per heavy atom. The molecule has 2 unspecified atom stereocenters. The molecule has 3 heterocycles. The third-order valence-electron chi connectivity index (χ3n) is 8.47. The molecule has 4 N–H and O–H groups in total. The number of nitrogens with one attached hydrogen (secondary N) is 1. The lowest BCUT2D eigenvalue weighted by Gasteiger charge is -2.41. The minimum absolute atomic E-state index is 0.0587. The highest BCUT2D eigenvalue weighted by Crippen LogP contribution is 2.41. The number of ether oxygens (including phenoxy) is 2. The van der Waals surface area contributed by atoms with Crippen molar-refractivity contribution in [3.63, 3.8) is 0 Å². The minimum atomic E-state index is -1.30.